The van der Waals surface area contributed by atoms with Crippen molar-refractivity contribution in [1.82, 2.24) is 4.90 Å². The van der Waals surface area contributed by atoms with Crippen LogP contribution in [0.1, 0.15) is 13.8 Å². The minimum Gasteiger partial charge on any atom is -0.273 e. The van der Waals surface area contributed by atoms with Crippen molar-refractivity contribution in [2.45, 2.75) is 19.9 Å². The van der Waals surface area contributed by atoms with Crippen molar-refractivity contribution in [3.05, 3.63) is 24.3 Å². The number of urea groups is 1. The van der Waals surface area contributed by atoms with Crippen molar-refractivity contribution in [1.29, 1.82) is 0 Å². The Hall–Kier alpha value is -1.71. The van der Waals surface area contributed by atoms with Gasteiger partial charge < -0.3 is 0 Å². The van der Waals surface area contributed by atoms with Crippen LogP contribution in [0.2, 0.25) is 0 Å². The Kier molecular flexibility index (Phi) is 2.26. The summed E-state index contributed by atoms with van der Waals surface area (Å²) < 4.78 is 0. The Morgan fingerprint density at radius 2 is 2.07 bits per heavy atom. The lowest BCUT2D eigenvalue weighted by molar-refractivity contribution is -0.130. The number of hydrogen-bond donors (Lipinski definition) is 0. The van der Waals surface area contributed by atoms with Gasteiger partial charge in [-0.25, -0.2) is 4.79 Å². The molecular weight excluding hydrogens is 192 g/mol. The maximum Gasteiger partial charge on any atom is 0.350 e. The smallest absolute Gasteiger partial charge is 0.273 e. The highest BCUT2D eigenvalue weighted by molar-refractivity contribution is 6.21. The Balaban J connectivity index is 2.41. The highest BCUT2D eigenvalue weighted by Crippen LogP contribution is 2.20. The molecule has 2 rings (SSSR count). The molecule has 4 nitrogen and oxygen atoms in total. The van der Waals surface area contributed by atoms with Crippen molar-refractivity contribution in [3.8, 4) is 0 Å². The van der Waals surface area contributed by atoms with Crippen molar-refractivity contribution in [3.63, 3.8) is 0 Å². The summed E-state index contributed by atoms with van der Waals surface area (Å²) in [6, 6.07) is -0.601. The molecule has 0 fully saturated rings. The molecule has 0 spiro atoms. The third-order valence-corrected chi connectivity index (χ3v) is 2.45. The molecule has 78 valence electrons. The Morgan fingerprint density at radius 1 is 1.33 bits per heavy atom. The molecule has 1 aliphatic carbocycles. The fourth-order valence-corrected chi connectivity index (χ4v) is 1.73. The van der Waals surface area contributed by atoms with E-state index in [2.05, 4.69) is 4.99 Å². The summed E-state index contributed by atoms with van der Waals surface area (Å²) in [5.41, 5.74) is 0.546. The number of rotatable bonds is 1. The van der Waals surface area contributed by atoms with E-state index in [0.29, 0.717) is 5.71 Å². The zero-order valence-electron chi connectivity index (χ0n) is 8.68. The van der Waals surface area contributed by atoms with Crippen LogP contribution >= 0.6 is 0 Å². The monoisotopic (exact) mass is 204 g/mol. The molecule has 4 heteroatoms. The van der Waals surface area contributed by atoms with Crippen LogP contribution in [0.3, 0.4) is 0 Å². The number of fused-ring (bicyclic) bond motifs is 1. The third kappa shape index (κ3) is 1.52. The van der Waals surface area contributed by atoms with Crippen molar-refractivity contribution >= 4 is 17.6 Å². The quantitative estimate of drug-likeness (QED) is 0.650. The molecule has 15 heavy (non-hydrogen) atoms. The Labute approximate surface area is 88.0 Å². The predicted molar refractivity (Wildman–Crippen MR) is 56.6 cm³/mol. The largest absolute Gasteiger partial charge is 0.350 e. The van der Waals surface area contributed by atoms with E-state index in [4.69, 9.17) is 0 Å². The number of aliphatic imine (C=N–C) groups is 1. The van der Waals surface area contributed by atoms with Gasteiger partial charge in [-0.1, -0.05) is 18.2 Å². The first-order valence-corrected chi connectivity index (χ1v) is 4.91. The van der Waals surface area contributed by atoms with Gasteiger partial charge in [0.05, 0.1) is 11.6 Å². The van der Waals surface area contributed by atoms with Gasteiger partial charge >= 0.3 is 6.03 Å². The summed E-state index contributed by atoms with van der Waals surface area (Å²) in [5, 5.41) is 0. The molecule has 0 aromatic carbocycles. The van der Waals surface area contributed by atoms with Crippen molar-refractivity contribution in [2.75, 3.05) is 0 Å². The zero-order valence-corrected chi connectivity index (χ0v) is 8.68. The SMILES string of the molecule is CC(C)N1C(=O)N=C2C=CC=CC2C1=O. The molecular formula is C11H12N2O2. The number of nitrogens with zero attached hydrogens (tertiary/aromatic N) is 2. The molecule has 0 N–H and O–H groups in total. The van der Waals surface area contributed by atoms with Gasteiger partial charge in [0.2, 0.25) is 5.91 Å². The Morgan fingerprint density at radius 3 is 2.73 bits per heavy atom. The molecule has 3 amide bonds. The first-order chi connectivity index (χ1) is 7.11. The van der Waals surface area contributed by atoms with Gasteiger partial charge in [-0.05, 0) is 19.9 Å². The van der Waals surface area contributed by atoms with E-state index in [1.165, 1.54) is 4.90 Å². The number of allylic oxidation sites excluding steroid dienone is 3. The van der Waals surface area contributed by atoms with E-state index in [-0.39, 0.29) is 17.9 Å². The normalized spacial score (nSPS) is 24.6. The summed E-state index contributed by atoms with van der Waals surface area (Å²) in [7, 11) is 0. The highest BCUT2D eigenvalue weighted by atomic mass is 16.2. The summed E-state index contributed by atoms with van der Waals surface area (Å²) in [6.07, 6.45) is 7.05. The zero-order chi connectivity index (χ0) is 11.0. The van der Waals surface area contributed by atoms with Crippen molar-refractivity contribution < 1.29 is 9.59 Å². The van der Waals surface area contributed by atoms with E-state index in [9.17, 15) is 9.59 Å². The van der Waals surface area contributed by atoms with Crippen LogP contribution in [0, 0.1) is 5.92 Å². The van der Waals surface area contributed by atoms with Gasteiger partial charge in [0.1, 0.15) is 0 Å². The molecule has 0 saturated heterocycles. The standard InChI is InChI=1S/C11H12N2O2/c1-7(2)13-10(14)8-5-3-4-6-9(8)12-11(13)15/h3-8H,1-2H3. The molecule has 0 bridgehead atoms. The fraction of sp³-hybridized carbons (Fsp3) is 0.364. The van der Waals surface area contributed by atoms with Gasteiger partial charge in [0.15, 0.2) is 0 Å². The average molecular weight is 204 g/mol. The summed E-state index contributed by atoms with van der Waals surface area (Å²) >= 11 is 0. The van der Waals surface area contributed by atoms with Gasteiger partial charge in [0, 0.05) is 6.04 Å². The number of carbonyl (C=O) groups is 2. The predicted octanol–water partition coefficient (Wildman–Crippen LogP) is 1.54. The van der Waals surface area contributed by atoms with Crippen LogP contribution in [-0.4, -0.2) is 28.6 Å². The van der Waals surface area contributed by atoms with Gasteiger partial charge in [-0.15, -0.1) is 0 Å². The number of amides is 3. The maximum absolute atomic E-state index is 12.0. The van der Waals surface area contributed by atoms with Crippen LogP contribution in [-0.2, 0) is 4.79 Å². The Bertz CT molecular complexity index is 405. The second-order valence-corrected chi connectivity index (χ2v) is 3.84. The third-order valence-electron chi connectivity index (χ3n) is 2.45. The molecule has 0 aromatic rings. The summed E-state index contributed by atoms with van der Waals surface area (Å²) in [6.45, 7) is 3.61. The van der Waals surface area contributed by atoms with E-state index in [1.54, 1.807) is 38.2 Å². The molecule has 0 saturated carbocycles. The minimum absolute atomic E-state index is 0.144. The summed E-state index contributed by atoms with van der Waals surface area (Å²) in [5.74, 6) is -0.560. The number of carbonyl (C=O) groups excluding carboxylic acids is 2. The second-order valence-electron chi connectivity index (χ2n) is 3.84. The van der Waals surface area contributed by atoms with E-state index >= 15 is 0 Å². The maximum atomic E-state index is 12.0. The van der Waals surface area contributed by atoms with Crippen LogP contribution < -0.4 is 0 Å². The average Bonchev–Trinajstić information content (AvgIpc) is 2.17. The fourth-order valence-electron chi connectivity index (χ4n) is 1.73. The van der Waals surface area contributed by atoms with Gasteiger partial charge in [0.25, 0.3) is 0 Å². The lowest BCUT2D eigenvalue weighted by Gasteiger charge is -2.30. The molecule has 1 aliphatic heterocycles. The number of imide groups is 1. The second kappa shape index (κ2) is 3.46. The van der Waals surface area contributed by atoms with Crippen LogP contribution in [0.4, 0.5) is 4.79 Å². The van der Waals surface area contributed by atoms with Gasteiger partial charge in [-0.2, -0.15) is 4.99 Å². The summed E-state index contributed by atoms with van der Waals surface area (Å²) in [4.78, 5) is 28.6. The van der Waals surface area contributed by atoms with Crippen LogP contribution in [0.15, 0.2) is 29.3 Å². The lowest BCUT2D eigenvalue weighted by atomic mass is 9.95. The molecule has 0 radical (unpaired) electrons. The minimum atomic E-state index is -0.457. The van der Waals surface area contributed by atoms with Gasteiger partial charge in [-0.3, -0.25) is 9.69 Å². The van der Waals surface area contributed by atoms with E-state index in [1.807, 2.05) is 0 Å². The molecule has 1 unspecified atom stereocenters. The molecule has 1 heterocycles. The van der Waals surface area contributed by atoms with E-state index < -0.39 is 6.03 Å². The van der Waals surface area contributed by atoms with Crippen molar-refractivity contribution in [2.24, 2.45) is 10.9 Å². The molecule has 1 atom stereocenters. The van der Waals surface area contributed by atoms with Crippen LogP contribution in [0.5, 0.6) is 0 Å². The van der Waals surface area contributed by atoms with Crippen LogP contribution in [0.25, 0.3) is 0 Å². The van der Waals surface area contributed by atoms with E-state index in [0.717, 1.165) is 0 Å². The number of hydrogen-bond acceptors (Lipinski definition) is 2. The molecule has 0 aromatic heterocycles. The highest BCUT2D eigenvalue weighted by Gasteiger charge is 2.36. The lowest BCUT2D eigenvalue weighted by Crippen LogP contribution is -2.49. The first-order valence-electron chi connectivity index (χ1n) is 4.91. The topological polar surface area (TPSA) is 49.7 Å². The molecule has 2 aliphatic rings. The first kappa shape index (κ1) is 9.83.